The van der Waals surface area contributed by atoms with Crippen LogP contribution in [0.2, 0.25) is 0 Å². The monoisotopic (exact) mass is 349 g/mol. The second-order valence-electron chi connectivity index (χ2n) is 8.32. The molecule has 0 unspecified atom stereocenters. The number of hydrogen-bond donors (Lipinski definition) is 1. The summed E-state index contributed by atoms with van der Waals surface area (Å²) < 4.78 is 0. The van der Waals surface area contributed by atoms with Crippen LogP contribution in [-0.4, -0.2) is 53.8 Å². The molecule has 3 aliphatic rings. The SMILES string of the molecule is N[C@H]1CCCCCC[C@@H]1C(=O)N1CCC(CC(=O)N2CCCC2)CC1. The average molecular weight is 350 g/mol. The van der Waals surface area contributed by atoms with Crippen LogP contribution in [0.25, 0.3) is 0 Å². The molecule has 2 aliphatic heterocycles. The molecule has 0 aromatic carbocycles. The van der Waals surface area contributed by atoms with Gasteiger partial charge in [0.2, 0.25) is 11.8 Å². The molecule has 0 aromatic rings. The Labute approximate surface area is 152 Å². The molecule has 0 radical (unpaired) electrons. The summed E-state index contributed by atoms with van der Waals surface area (Å²) in [6, 6.07) is 0.0299. The maximum absolute atomic E-state index is 12.9. The Kier molecular flexibility index (Phi) is 6.74. The molecule has 5 nitrogen and oxygen atoms in total. The van der Waals surface area contributed by atoms with Crippen LogP contribution in [0, 0.1) is 11.8 Å². The number of piperidine rings is 1. The van der Waals surface area contributed by atoms with Crippen LogP contribution in [-0.2, 0) is 9.59 Å². The van der Waals surface area contributed by atoms with Crippen molar-refractivity contribution < 1.29 is 9.59 Å². The van der Waals surface area contributed by atoms with E-state index in [-0.39, 0.29) is 17.9 Å². The van der Waals surface area contributed by atoms with E-state index in [9.17, 15) is 9.59 Å². The molecule has 5 heteroatoms. The smallest absolute Gasteiger partial charge is 0.227 e. The van der Waals surface area contributed by atoms with Crippen LogP contribution in [0.1, 0.15) is 70.6 Å². The molecule has 2 atom stereocenters. The van der Waals surface area contributed by atoms with Crippen molar-refractivity contribution in [2.45, 2.75) is 76.7 Å². The summed E-state index contributed by atoms with van der Waals surface area (Å²) in [5, 5.41) is 0. The number of likely N-dealkylation sites (tertiary alicyclic amines) is 2. The minimum absolute atomic E-state index is 0.0167. The third-order valence-corrected chi connectivity index (χ3v) is 6.48. The molecule has 0 spiro atoms. The molecule has 3 fully saturated rings. The lowest BCUT2D eigenvalue weighted by Crippen LogP contribution is -2.47. The predicted molar refractivity (Wildman–Crippen MR) is 98.9 cm³/mol. The van der Waals surface area contributed by atoms with E-state index in [2.05, 4.69) is 0 Å². The summed E-state index contributed by atoms with van der Waals surface area (Å²) in [5.41, 5.74) is 6.32. The molecule has 1 aliphatic carbocycles. The van der Waals surface area contributed by atoms with Gasteiger partial charge in [-0.25, -0.2) is 0 Å². The second-order valence-corrected chi connectivity index (χ2v) is 8.32. The highest BCUT2D eigenvalue weighted by Crippen LogP contribution is 2.27. The zero-order chi connectivity index (χ0) is 17.6. The van der Waals surface area contributed by atoms with Gasteiger partial charge in [-0.2, -0.15) is 0 Å². The Hall–Kier alpha value is -1.10. The van der Waals surface area contributed by atoms with E-state index in [0.29, 0.717) is 18.2 Å². The zero-order valence-electron chi connectivity index (χ0n) is 15.6. The second kappa shape index (κ2) is 9.02. The largest absolute Gasteiger partial charge is 0.343 e. The first-order valence-corrected chi connectivity index (χ1v) is 10.5. The van der Waals surface area contributed by atoms with Crippen LogP contribution >= 0.6 is 0 Å². The van der Waals surface area contributed by atoms with E-state index >= 15 is 0 Å². The molecular weight excluding hydrogens is 314 g/mol. The average Bonchev–Trinajstić information content (AvgIpc) is 3.13. The summed E-state index contributed by atoms with van der Waals surface area (Å²) in [6.07, 6.45) is 11.6. The fourth-order valence-corrected chi connectivity index (χ4v) is 4.75. The van der Waals surface area contributed by atoms with Gasteiger partial charge in [0.15, 0.2) is 0 Å². The van der Waals surface area contributed by atoms with E-state index in [0.717, 1.165) is 77.5 Å². The van der Waals surface area contributed by atoms with Crippen molar-refractivity contribution in [1.82, 2.24) is 9.80 Å². The molecule has 2 amide bonds. The quantitative estimate of drug-likeness (QED) is 0.851. The molecular formula is C20H35N3O2. The van der Waals surface area contributed by atoms with Gasteiger partial charge in [-0.05, 0) is 44.4 Å². The lowest BCUT2D eigenvalue weighted by Gasteiger charge is -2.36. The van der Waals surface area contributed by atoms with Gasteiger partial charge >= 0.3 is 0 Å². The highest BCUT2D eigenvalue weighted by Gasteiger charge is 2.33. The highest BCUT2D eigenvalue weighted by atomic mass is 16.2. The first-order valence-electron chi connectivity index (χ1n) is 10.5. The maximum Gasteiger partial charge on any atom is 0.227 e. The van der Waals surface area contributed by atoms with Gasteiger partial charge < -0.3 is 15.5 Å². The van der Waals surface area contributed by atoms with Crippen molar-refractivity contribution in [1.29, 1.82) is 0 Å². The number of carbonyl (C=O) groups excluding carboxylic acids is 2. The number of carbonyl (C=O) groups is 2. The van der Waals surface area contributed by atoms with Gasteiger partial charge in [-0.3, -0.25) is 9.59 Å². The molecule has 3 rings (SSSR count). The summed E-state index contributed by atoms with van der Waals surface area (Å²) in [7, 11) is 0. The summed E-state index contributed by atoms with van der Waals surface area (Å²) in [4.78, 5) is 29.3. The lowest BCUT2D eigenvalue weighted by molar-refractivity contribution is -0.138. The van der Waals surface area contributed by atoms with Crippen LogP contribution in [0.4, 0.5) is 0 Å². The van der Waals surface area contributed by atoms with Crippen molar-refractivity contribution in [3.05, 3.63) is 0 Å². The van der Waals surface area contributed by atoms with Gasteiger partial charge in [0.1, 0.15) is 0 Å². The Morgan fingerprint density at radius 3 is 2.08 bits per heavy atom. The normalized spacial score (nSPS) is 29.3. The van der Waals surface area contributed by atoms with Gasteiger partial charge in [0, 0.05) is 38.6 Å². The minimum Gasteiger partial charge on any atom is -0.343 e. The third kappa shape index (κ3) is 4.96. The number of rotatable bonds is 3. The van der Waals surface area contributed by atoms with E-state index in [4.69, 9.17) is 5.73 Å². The maximum atomic E-state index is 12.9. The highest BCUT2D eigenvalue weighted by molar-refractivity contribution is 5.80. The van der Waals surface area contributed by atoms with Crippen LogP contribution in [0.3, 0.4) is 0 Å². The molecule has 2 N–H and O–H groups in total. The molecule has 0 bridgehead atoms. The number of amides is 2. The first kappa shape index (κ1) is 18.7. The Balaban J connectivity index is 1.45. The number of nitrogens with zero attached hydrogens (tertiary/aromatic N) is 2. The minimum atomic E-state index is 0.0167. The number of hydrogen-bond acceptors (Lipinski definition) is 3. The van der Waals surface area contributed by atoms with Gasteiger partial charge in [0.05, 0.1) is 5.92 Å². The molecule has 25 heavy (non-hydrogen) atoms. The van der Waals surface area contributed by atoms with Crippen molar-refractivity contribution >= 4 is 11.8 Å². The Morgan fingerprint density at radius 2 is 1.40 bits per heavy atom. The fraction of sp³-hybridized carbons (Fsp3) is 0.900. The molecule has 0 aromatic heterocycles. The lowest BCUT2D eigenvalue weighted by atomic mass is 9.85. The molecule has 2 saturated heterocycles. The Bertz CT molecular complexity index is 454. The van der Waals surface area contributed by atoms with Crippen molar-refractivity contribution in [3.8, 4) is 0 Å². The van der Waals surface area contributed by atoms with Crippen LogP contribution < -0.4 is 5.73 Å². The summed E-state index contributed by atoms with van der Waals surface area (Å²) >= 11 is 0. The summed E-state index contributed by atoms with van der Waals surface area (Å²) in [5.74, 6) is 1.06. The third-order valence-electron chi connectivity index (χ3n) is 6.48. The van der Waals surface area contributed by atoms with Gasteiger partial charge in [-0.1, -0.05) is 25.7 Å². The predicted octanol–water partition coefficient (Wildman–Crippen LogP) is 2.54. The zero-order valence-corrected chi connectivity index (χ0v) is 15.6. The molecule has 142 valence electrons. The topological polar surface area (TPSA) is 66.6 Å². The van der Waals surface area contributed by atoms with E-state index < -0.39 is 0 Å². The van der Waals surface area contributed by atoms with Gasteiger partial charge in [0.25, 0.3) is 0 Å². The molecule has 1 saturated carbocycles. The van der Waals surface area contributed by atoms with Crippen molar-refractivity contribution in [3.63, 3.8) is 0 Å². The van der Waals surface area contributed by atoms with Crippen molar-refractivity contribution in [2.24, 2.45) is 17.6 Å². The van der Waals surface area contributed by atoms with E-state index in [1.54, 1.807) is 0 Å². The number of nitrogens with two attached hydrogens (primary N) is 1. The van der Waals surface area contributed by atoms with Crippen molar-refractivity contribution in [2.75, 3.05) is 26.2 Å². The van der Waals surface area contributed by atoms with Crippen LogP contribution in [0.5, 0.6) is 0 Å². The fourth-order valence-electron chi connectivity index (χ4n) is 4.75. The Morgan fingerprint density at radius 1 is 0.760 bits per heavy atom. The van der Waals surface area contributed by atoms with E-state index in [1.807, 2.05) is 9.80 Å². The van der Waals surface area contributed by atoms with E-state index in [1.165, 1.54) is 12.8 Å². The van der Waals surface area contributed by atoms with Crippen LogP contribution in [0.15, 0.2) is 0 Å². The molecule has 2 heterocycles. The summed E-state index contributed by atoms with van der Waals surface area (Å²) in [6.45, 7) is 3.49. The van der Waals surface area contributed by atoms with Gasteiger partial charge in [-0.15, -0.1) is 0 Å². The first-order chi connectivity index (χ1) is 12.1. The standard InChI is InChI=1S/C20H35N3O2/c21-18-8-4-2-1-3-7-17(18)20(25)23-13-9-16(10-14-23)15-19(24)22-11-5-6-12-22/h16-18H,1-15,21H2/t17-,18-/m0/s1.